The number of carbonyl (C=O) groups is 1. The van der Waals surface area contributed by atoms with Gasteiger partial charge in [0.1, 0.15) is 0 Å². The van der Waals surface area contributed by atoms with E-state index in [2.05, 4.69) is 4.99 Å². The fourth-order valence-corrected chi connectivity index (χ4v) is 3.10. The Bertz CT molecular complexity index is 771. The lowest BCUT2D eigenvalue weighted by Crippen LogP contribution is -2.30. The first-order valence-corrected chi connectivity index (χ1v) is 8.34. The molecule has 0 saturated carbocycles. The lowest BCUT2D eigenvalue weighted by molar-refractivity contribution is -0.137. The van der Waals surface area contributed by atoms with Crippen molar-refractivity contribution in [2.75, 3.05) is 13.1 Å². The second kappa shape index (κ2) is 7.21. The van der Waals surface area contributed by atoms with Gasteiger partial charge in [-0.2, -0.15) is 18.2 Å². The zero-order valence-electron chi connectivity index (χ0n) is 13.6. The molecule has 0 radical (unpaired) electrons. The summed E-state index contributed by atoms with van der Waals surface area (Å²) in [6.07, 6.45) is -4.38. The van der Waals surface area contributed by atoms with Gasteiger partial charge in [-0.05, 0) is 45.0 Å². The van der Waals surface area contributed by atoms with Gasteiger partial charge in [0.2, 0.25) is 0 Å². The SMILES string of the molecule is CCN(CC)C(=O)/N=c1\scc(C)n1-c1ccc(C(F)(F)F)cc1. The summed E-state index contributed by atoms with van der Waals surface area (Å²) >= 11 is 1.27. The summed E-state index contributed by atoms with van der Waals surface area (Å²) in [7, 11) is 0. The Morgan fingerprint density at radius 2 is 1.79 bits per heavy atom. The number of urea groups is 1. The van der Waals surface area contributed by atoms with Gasteiger partial charge in [-0.1, -0.05) is 0 Å². The maximum atomic E-state index is 12.7. The largest absolute Gasteiger partial charge is 0.416 e. The predicted molar refractivity (Wildman–Crippen MR) is 87.3 cm³/mol. The number of rotatable bonds is 3. The molecule has 0 fully saturated rings. The molecule has 2 amide bonds. The number of alkyl halides is 3. The Morgan fingerprint density at radius 3 is 2.29 bits per heavy atom. The monoisotopic (exact) mass is 357 g/mol. The van der Waals surface area contributed by atoms with Crippen LogP contribution in [0.3, 0.4) is 0 Å². The maximum Gasteiger partial charge on any atom is 0.416 e. The van der Waals surface area contributed by atoms with Crippen LogP contribution in [0.15, 0.2) is 34.6 Å². The number of nitrogens with zero attached hydrogens (tertiary/aromatic N) is 3. The van der Waals surface area contributed by atoms with E-state index in [1.165, 1.54) is 23.5 Å². The lowest BCUT2D eigenvalue weighted by atomic mass is 10.2. The van der Waals surface area contributed by atoms with Gasteiger partial charge in [0.05, 0.1) is 5.56 Å². The first-order chi connectivity index (χ1) is 11.3. The molecule has 0 atom stereocenters. The lowest BCUT2D eigenvalue weighted by Gasteiger charge is -2.15. The Morgan fingerprint density at radius 1 is 1.21 bits per heavy atom. The molecule has 2 aromatic rings. The van der Waals surface area contributed by atoms with E-state index in [-0.39, 0.29) is 6.03 Å². The van der Waals surface area contributed by atoms with Gasteiger partial charge in [0, 0.05) is 29.9 Å². The van der Waals surface area contributed by atoms with Gasteiger partial charge in [-0.3, -0.25) is 4.57 Å². The van der Waals surface area contributed by atoms with E-state index in [1.807, 2.05) is 26.2 Å². The first kappa shape index (κ1) is 18.3. The fraction of sp³-hybridized carbons (Fsp3) is 0.375. The molecule has 24 heavy (non-hydrogen) atoms. The topological polar surface area (TPSA) is 37.6 Å². The van der Waals surface area contributed by atoms with Crippen LogP contribution in [0.4, 0.5) is 18.0 Å². The van der Waals surface area contributed by atoms with Crippen molar-refractivity contribution in [1.29, 1.82) is 0 Å². The molecule has 4 nitrogen and oxygen atoms in total. The van der Waals surface area contributed by atoms with E-state index < -0.39 is 11.7 Å². The summed E-state index contributed by atoms with van der Waals surface area (Å²) in [5, 5.41) is 1.81. The number of aryl methyl sites for hydroxylation is 1. The summed E-state index contributed by atoms with van der Waals surface area (Å²) in [5.74, 6) is 0. The molecular formula is C16H18F3N3OS. The molecule has 0 aliphatic rings. The van der Waals surface area contributed by atoms with Crippen LogP contribution >= 0.6 is 11.3 Å². The molecule has 0 bridgehead atoms. The molecule has 2 rings (SSSR count). The molecular weight excluding hydrogens is 339 g/mol. The predicted octanol–water partition coefficient (Wildman–Crippen LogP) is 4.23. The summed E-state index contributed by atoms with van der Waals surface area (Å²) in [6, 6.07) is 4.44. The van der Waals surface area contributed by atoms with Gasteiger partial charge in [-0.25, -0.2) is 4.79 Å². The molecule has 0 unspecified atom stereocenters. The third-order valence-corrected chi connectivity index (χ3v) is 4.50. The van der Waals surface area contributed by atoms with E-state index in [0.717, 1.165) is 17.8 Å². The number of thiazole rings is 1. The van der Waals surface area contributed by atoms with Crippen molar-refractivity contribution in [2.45, 2.75) is 26.9 Å². The molecule has 1 aromatic carbocycles. The van der Waals surface area contributed by atoms with Gasteiger partial charge < -0.3 is 4.90 Å². The highest BCUT2D eigenvalue weighted by Crippen LogP contribution is 2.29. The number of hydrogen-bond acceptors (Lipinski definition) is 2. The van der Waals surface area contributed by atoms with Crippen molar-refractivity contribution >= 4 is 17.4 Å². The summed E-state index contributed by atoms with van der Waals surface area (Å²) in [5.41, 5.74) is 0.621. The Kier molecular flexibility index (Phi) is 5.48. The molecule has 0 saturated heterocycles. The van der Waals surface area contributed by atoms with E-state index in [1.54, 1.807) is 9.47 Å². The van der Waals surface area contributed by atoms with Crippen molar-refractivity contribution in [3.63, 3.8) is 0 Å². The second-order valence-corrected chi connectivity index (χ2v) is 5.94. The number of benzene rings is 1. The highest BCUT2D eigenvalue weighted by molar-refractivity contribution is 7.07. The van der Waals surface area contributed by atoms with Crippen molar-refractivity contribution in [1.82, 2.24) is 9.47 Å². The third-order valence-electron chi connectivity index (χ3n) is 3.56. The summed E-state index contributed by atoms with van der Waals surface area (Å²) in [4.78, 5) is 18.3. The average molecular weight is 357 g/mol. The number of aromatic nitrogens is 1. The Balaban J connectivity index is 2.46. The van der Waals surface area contributed by atoms with Crippen LogP contribution in [0.25, 0.3) is 5.69 Å². The highest BCUT2D eigenvalue weighted by Gasteiger charge is 2.30. The zero-order chi connectivity index (χ0) is 17.9. The average Bonchev–Trinajstić information content (AvgIpc) is 2.88. The van der Waals surface area contributed by atoms with E-state index in [0.29, 0.717) is 23.6 Å². The molecule has 0 N–H and O–H groups in total. The molecule has 130 valence electrons. The van der Waals surface area contributed by atoms with Gasteiger partial charge >= 0.3 is 12.2 Å². The van der Waals surface area contributed by atoms with E-state index >= 15 is 0 Å². The van der Waals surface area contributed by atoms with Crippen LogP contribution in [-0.2, 0) is 6.18 Å². The van der Waals surface area contributed by atoms with Crippen molar-refractivity contribution in [3.8, 4) is 5.69 Å². The Labute approximate surface area is 141 Å². The maximum absolute atomic E-state index is 12.7. The minimum Gasteiger partial charge on any atom is -0.323 e. The molecule has 8 heteroatoms. The molecule has 1 heterocycles. The minimum absolute atomic E-state index is 0.359. The molecule has 0 aliphatic carbocycles. The zero-order valence-corrected chi connectivity index (χ0v) is 14.4. The number of amides is 2. The van der Waals surface area contributed by atoms with Crippen LogP contribution in [-0.4, -0.2) is 28.6 Å². The normalized spacial score (nSPS) is 12.5. The van der Waals surface area contributed by atoms with Gasteiger partial charge in [0.15, 0.2) is 4.80 Å². The van der Waals surface area contributed by atoms with E-state index in [4.69, 9.17) is 0 Å². The van der Waals surface area contributed by atoms with Crippen molar-refractivity contribution in [3.05, 3.63) is 45.7 Å². The second-order valence-electron chi connectivity index (χ2n) is 5.11. The standard InChI is InChI=1S/C16H18F3N3OS/c1-4-21(5-2)14(23)20-15-22(11(3)10-24-15)13-8-6-12(7-9-13)16(17,18)19/h6-10H,4-5H2,1-3H3/b20-15-. The number of hydrogen-bond donors (Lipinski definition) is 0. The third kappa shape index (κ3) is 3.87. The summed E-state index contributed by atoms with van der Waals surface area (Å²) < 4.78 is 39.7. The molecule has 1 aromatic heterocycles. The van der Waals surface area contributed by atoms with Gasteiger partial charge in [-0.15, -0.1) is 11.3 Å². The van der Waals surface area contributed by atoms with Crippen LogP contribution in [0, 0.1) is 6.92 Å². The highest BCUT2D eigenvalue weighted by atomic mass is 32.1. The fourth-order valence-electron chi connectivity index (χ4n) is 2.23. The molecule has 0 aliphatic heterocycles. The number of halogens is 3. The minimum atomic E-state index is -4.38. The smallest absolute Gasteiger partial charge is 0.323 e. The van der Waals surface area contributed by atoms with Crippen LogP contribution in [0.2, 0.25) is 0 Å². The number of carbonyl (C=O) groups excluding carboxylic acids is 1. The van der Waals surface area contributed by atoms with Crippen molar-refractivity contribution in [2.24, 2.45) is 4.99 Å². The van der Waals surface area contributed by atoms with Crippen LogP contribution in [0.1, 0.15) is 25.1 Å². The van der Waals surface area contributed by atoms with Crippen molar-refractivity contribution < 1.29 is 18.0 Å². The molecule has 0 spiro atoms. The Hall–Kier alpha value is -2.09. The first-order valence-electron chi connectivity index (χ1n) is 7.46. The van der Waals surface area contributed by atoms with E-state index in [9.17, 15) is 18.0 Å². The quantitative estimate of drug-likeness (QED) is 0.810. The van der Waals surface area contributed by atoms with Crippen LogP contribution < -0.4 is 4.80 Å². The van der Waals surface area contributed by atoms with Crippen LogP contribution in [0.5, 0.6) is 0 Å². The summed E-state index contributed by atoms with van der Waals surface area (Å²) in [6.45, 7) is 6.63. The van der Waals surface area contributed by atoms with Gasteiger partial charge in [0.25, 0.3) is 0 Å².